The Labute approximate surface area is 164 Å². The summed E-state index contributed by atoms with van der Waals surface area (Å²) in [5, 5.41) is 6.04. The third kappa shape index (κ3) is 2.68. The maximum Gasteiger partial charge on any atom is 0.164 e. The molecule has 4 aromatic rings. The Morgan fingerprint density at radius 2 is 1.68 bits per heavy atom. The van der Waals surface area contributed by atoms with Crippen molar-refractivity contribution in [3.8, 4) is 22.6 Å². The van der Waals surface area contributed by atoms with Crippen LogP contribution in [0.15, 0.2) is 54.6 Å². The summed E-state index contributed by atoms with van der Waals surface area (Å²) in [7, 11) is 1.70. The number of aromatic nitrogens is 3. The van der Waals surface area contributed by atoms with E-state index in [0.29, 0.717) is 0 Å². The molecular weight excluding hydrogens is 346 g/mol. The molecule has 0 saturated carbocycles. The second-order valence-corrected chi connectivity index (χ2v) is 7.38. The van der Waals surface area contributed by atoms with Crippen LogP contribution in [0.1, 0.15) is 29.8 Å². The van der Waals surface area contributed by atoms with Gasteiger partial charge in [-0.25, -0.2) is 9.67 Å². The minimum absolute atomic E-state index is 0.875. The molecule has 28 heavy (non-hydrogen) atoms. The molecule has 0 atom stereocenters. The zero-order chi connectivity index (χ0) is 19.1. The van der Waals surface area contributed by atoms with E-state index in [0.717, 1.165) is 41.0 Å². The Balaban J connectivity index is 1.83. The molecule has 0 saturated heterocycles. The summed E-state index contributed by atoms with van der Waals surface area (Å²) in [5.74, 6) is 0.875. The number of fused-ring (bicyclic) bond motifs is 2. The van der Waals surface area contributed by atoms with Gasteiger partial charge in [0.25, 0.3) is 0 Å². The Kier molecular flexibility index (Phi) is 4.12. The van der Waals surface area contributed by atoms with Crippen molar-refractivity contribution in [3.05, 3.63) is 71.5 Å². The van der Waals surface area contributed by atoms with E-state index < -0.39 is 0 Å². The van der Waals surface area contributed by atoms with Crippen LogP contribution in [0.25, 0.3) is 27.8 Å². The number of hydrogen-bond acceptors (Lipinski definition) is 3. The van der Waals surface area contributed by atoms with E-state index in [1.165, 1.54) is 35.2 Å². The standard InChI is InChI=1S/C24H23N3O/c1-16-22-23(17-12-14-19(28-2)15-13-17)20-10-6-7-11-21(20)25-24(22)27(26-16)18-8-4-3-5-9-18/h3-5,8-9,12-15H,6-7,10-11H2,1-2H3. The summed E-state index contributed by atoms with van der Waals surface area (Å²) in [4.78, 5) is 5.11. The lowest BCUT2D eigenvalue weighted by molar-refractivity contribution is 0.415. The number of benzene rings is 2. The smallest absolute Gasteiger partial charge is 0.164 e. The first kappa shape index (κ1) is 17.0. The number of nitrogens with zero attached hydrogens (tertiary/aromatic N) is 3. The van der Waals surface area contributed by atoms with Crippen molar-refractivity contribution in [1.82, 2.24) is 14.8 Å². The number of para-hydroxylation sites is 1. The van der Waals surface area contributed by atoms with Gasteiger partial charge in [0.1, 0.15) is 5.75 Å². The maximum absolute atomic E-state index is 5.36. The molecule has 4 nitrogen and oxygen atoms in total. The first-order valence-corrected chi connectivity index (χ1v) is 9.87. The molecule has 0 N–H and O–H groups in total. The second kappa shape index (κ2) is 6.79. The molecule has 140 valence electrons. The SMILES string of the molecule is COc1ccc(-c2c3c(nc4c2c(C)nn4-c2ccccc2)CCCC3)cc1. The number of rotatable bonds is 3. The zero-order valence-corrected chi connectivity index (χ0v) is 16.3. The third-order valence-electron chi connectivity index (χ3n) is 5.65. The Morgan fingerprint density at radius 3 is 2.43 bits per heavy atom. The van der Waals surface area contributed by atoms with Crippen molar-refractivity contribution in [2.24, 2.45) is 0 Å². The number of methoxy groups -OCH3 is 1. The van der Waals surface area contributed by atoms with Crippen molar-refractivity contribution < 1.29 is 4.74 Å². The fourth-order valence-corrected chi connectivity index (χ4v) is 4.30. The van der Waals surface area contributed by atoms with Gasteiger partial charge in [-0.2, -0.15) is 5.10 Å². The topological polar surface area (TPSA) is 39.9 Å². The van der Waals surface area contributed by atoms with E-state index in [4.69, 9.17) is 14.8 Å². The van der Waals surface area contributed by atoms with Gasteiger partial charge >= 0.3 is 0 Å². The fraction of sp³-hybridized carbons (Fsp3) is 0.250. The van der Waals surface area contributed by atoms with Crippen LogP contribution in [0.2, 0.25) is 0 Å². The quantitative estimate of drug-likeness (QED) is 0.493. The van der Waals surface area contributed by atoms with Gasteiger partial charge in [0.05, 0.1) is 23.9 Å². The average molecular weight is 369 g/mol. The van der Waals surface area contributed by atoms with Gasteiger partial charge in [0.2, 0.25) is 0 Å². The summed E-state index contributed by atoms with van der Waals surface area (Å²) in [6, 6.07) is 18.7. The van der Waals surface area contributed by atoms with Crippen LogP contribution in [-0.2, 0) is 12.8 Å². The van der Waals surface area contributed by atoms with E-state index >= 15 is 0 Å². The molecule has 0 bridgehead atoms. The van der Waals surface area contributed by atoms with E-state index in [1.807, 2.05) is 35.0 Å². The van der Waals surface area contributed by atoms with E-state index in [-0.39, 0.29) is 0 Å². The van der Waals surface area contributed by atoms with Crippen LogP contribution in [-0.4, -0.2) is 21.9 Å². The van der Waals surface area contributed by atoms with Crippen molar-refractivity contribution in [1.29, 1.82) is 0 Å². The Morgan fingerprint density at radius 1 is 0.929 bits per heavy atom. The van der Waals surface area contributed by atoms with Gasteiger partial charge in [0, 0.05) is 5.69 Å². The lowest BCUT2D eigenvalue weighted by Gasteiger charge is -2.20. The number of ether oxygens (including phenoxy) is 1. The highest BCUT2D eigenvalue weighted by atomic mass is 16.5. The van der Waals surface area contributed by atoms with Crippen molar-refractivity contribution in [2.75, 3.05) is 7.11 Å². The lowest BCUT2D eigenvalue weighted by atomic mass is 9.87. The molecule has 0 radical (unpaired) electrons. The molecule has 0 fully saturated rings. The molecule has 1 aliphatic carbocycles. The van der Waals surface area contributed by atoms with Gasteiger partial charge in [-0.3, -0.25) is 0 Å². The van der Waals surface area contributed by atoms with Gasteiger partial charge in [0.15, 0.2) is 5.65 Å². The van der Waals surface area contributed by atoms with Gasteiger partial charge in [-0.05, 0) is 73.6 Å². The lowest BCUT2D eigenvalue weighted by Crippen LogP contribution is -2.09. The van der Waals surface area contributed by atoms with Crippen LogP contribution in [0.5, 0.6) is 5.75 Å². The molecule has 2 aromatic heterocycles. The largest absolute Gasteiger partial charge is 0.497 e. The molecule has 1 aliphatic rings. The van der Waals surface area contributed by atoms with E-state index in [1.54, 1.807) is 7.11 Å². The predicted octanol–water partition coefficient (Wildman–Crippen LogP) is 5.28. The van der Waals surface area contributed by atoms with Crippen LogP contribution in [0, 0.1) is 6.92 Å². The Hall–Kier alpha value is -3.14. The minimum atomic E-state index is 0.875. The molecule has 5 rings (SSSR count). The average Bonchev–Trinajstić information content (AvgIpc) is 3.09. The summed E-state index contributed by atoms with van der Waals surface area (Å²) in [6.07, 6.45) is 4.53. The molecule has 0 spiro atoms. The maximum atomic E-state index is 5.36. The highest BCUT2D eigenvalue weighted by Crippen LogP contribution is 2.39. The summed E-state index contributed by atoms with van der Waals surface area (Å²) in [6.45, 7) is 2.09. The van der Waals surface area contributed by atoms with E-state index in [2.05, 4.69) is 31.2 Å². The normalized spacial score (nSPS) is 13.5. The molecule has 2 heterocycles. The summed E-state index contributed by atoms with van der Waals surface area (Å²) >= 11 is 0. The first-order chi connectivity index (χ1) is 13.8. The molecule has 4 heteroatoms. The van der Waals surface area contributed by atoms with Crippen molar-refractivity contribution in [3.63, 3.8) is 0 Å². The van der Waals surface area contributed by atoms with Crippen LogP contribution in [0.4, 0.5) is 0 Å². The van der Waals surface area contributed by atoms with Gasteiger partial charge in [-0.15, -0.1) is 0 Å². The number of pyridine rings is 1. The molecule has 0 aliphatic heterocycles. The van der Waals surface area contributed by atoms with Crippen LogP contribution >= 0.6 is 0 Å². The predicted molar refractivity (Wildman–Crippen MR) is 112 cm³/mol. The zero-order valence-electron chi connectivity index (χ0n) is 16.3. The third-order valence-corrected chi connectivity index (χ3v) is 5.65. The van der Waals surface area contributed by atoms with E-state index in [9.17, 15) is 0 Å². The first-order valence-electron chi connectivity index (χ1n) is 9.87. The summed E-state index contributed by atoms with van der Waals surface area (Å²) in [5.41, 5.74) is 8.13. The number of hydrogen-bond donors (Lipinski definition) is 0. The Bertz CT molecular complexity index is 1140. The highest BCUT2D eigenvalue weighted by molar-refractivity contribution is 5.98. The van der Waals surface area contributed by atoms with Gasteiger partial charge in [-0.1, -0.05) is 30.3 Å². The highest BCUT2D eigenvalue weighted by Gasteiger charge is 2.23. The molecule has 2 aromatic carbocycles. The number of aryl methyl sites for hydroxylation is 2. The van der Waals surface area contributed by atoms with Gasteiger partial charge < -0.3 is 4.74 Å². The fourth-order valence-electron chi connectivity index (χ4n) is 4.30. The monoisotopic (exact) mass is 369 g/mol. The van der Waals surface area contributed by atoms with Crippen molar-refractivity contribution >= 4 is 11.0 Å². The molecule has 0 unspecified atom stereocenters. The minimum Gasteiger partial charge on any atom is -0.497 e. The van der Waals surface area contributed by atoms with Crippen LogP contribution < -0.4 is 4.74 Å². The van der Waals surface area contributed by atoms with Crippen LogP contribution in [0.3, 0.4) is 0 Å². The second-order valence-electron chi connectivity index (χ2n) is 7.38. The summed E-state index contributed by atoms with van der Waals surface area (Å²) < 4.78 is 7.35. The van der Waals surface area contributed by atoms with Crippen molar-refractivity contribution in [2.45, 2.75) is 32.6 Å². The molecule has 0 amide bonds. The molecular formula is C24H23N3O.